The van der Waals surface area contributed by atoms with Gasteiger partial charge in [-0.15, -0.1) is 0 Å². The second-order valence-electron chi connectivity index (χ2n) is 7.95. The van der Waals surface area contributed by atoms with E-state index in [9.17, 15) is 18.7 Å². The van der Waals surface area contributed by atoms with Crippen LogP contribution in [-0.4, -0.2) is 59.6 Å². The number of aliphatic hydroxyl groups is 1. The summed E-state index contributed by atoms with van der Waals surface area (Å²) in [5.74, 6) is -0.533. The molecule has 2 aromatic carbocycles. The number of piperidine rings is 1. The Morgan fingerprint density at radius 1 is 1.16 bits per heavy atom. The van der Waals surface area contributed by atoms with Crippen molar-refractivity contribution in [3.05, 3.63) is 63.6 Å². The summed E-state index contributed by atoms with van der Waals surface area (Å²) < 4.78 is 29.5. The number of nitrogens with zero attached hydrogens (tertiary/aromatic N) is 2. The molecule has 2 aliphatic rings. The number of carbonyl (C=O) groups is 1. The van der Waals surface area contributed by atoms with Crippen molar-refractivity contribution in [3.63, 3.8) is 0 Å². The summed E-state index contributed by atoms with van der Waals surface area (Å²) in [6.07, 6.45) is 1.28. The molecule has 2 aliphatic heterocycles. The molecule has 1 N–H and O–H groups in total. The van der Waals surface area contributed by atoms with Gasteiger partial charge in [0.1, 0.15) is 11.4 Å². The molecule has 0 unspecified atom stereocenters. The standard InChI is InChI=1S/C22H22Cl2F2N2O3/c23-15-6-4-14(5-7-15)22(30)9-8-16-12-27(10-11-28(16)13-22)20(29)17-2-1-3-18(19(17)24)31-21(25)26/h1-7,16,21,30H,8-13H2/t16-,22-/m0/s1. The lowest BCUT2D eigenvalue weighted by Crippen LogP contribution is -2.60. The van der Waals surface area contributed by atoms with E-state index in [4.69, 9.17) is 23.2 Å². The van der Waals surface area contributed by atoms with Crippen LogP contribution in [0.1, 0.15) is 28.8 Å². The molecule has 0 bridgehead atoms. The molecule has 0 spiro atoms. The number of hydrogen-bond acceptors (Lipinski definition) is 4. The fourth-order valence-corrected chi connectivity index (χ4v) is 4.79. The van der Waals surface area contributed by atoms with Crippen molar-refractivity contribution in [2.45, 2.75) is 31.1 Å². The van der Waals surface area contributed by atoms with E-state index in [0.29, 0.717) is 44.0 Å². The summed E-state index contributed by atoms with van der Waals surface area (Å²) in [5.41, 5.74) is 0.00979. The van der Waals surface area contributed by atoms with E-state index in [1.165, 1.54) is 18.2 Å². The summed E-state index contributed by atoms with van der Waals surface area (Å²) in [6, 6.07) is 11.6. The van der Waals surface area contributed by atoms with Crippen LogP contribution in [0.2, 0.25) is 10.0 Å². The normalized spacial score (nSPS) is 24.2. The van der Waals surface area contributed by atoms with Crippen LogP contribution in [0.25, 0.3) is 0 Å². The third kappa shape index (κ3) is 4.65. The smallest absolute Gasteiger partial charge is 0.387 e. The Kier molecular flexibility index (Phi) is 6.40. The van der Waals surface area contributed by atoms with Crippen LogP contribution >= 0.6 is 23.2 Å². The molecule has 0 aromatic heterocycles. The number of fused-ring (bicyclic) bond motifs is 1. The van der Waals surface area contributed by atoms with Crippen LogP contribution in [0.5, 0.6) is 5.75 Å². The summed E-state index contributed by atoms with van der Waals surface area (Å²) in [6.45, 7) is -1.03. The molecule has 166 valence electrons. The van der Waals surface area contributed by atoms with E-state index in [2.05, 4.69) is 9.64 Å². The van der Waals surface area contributed by atoms with Gasteiger partial charge in [-0.1, -0.05) is 41.4 Å². The summed E-state index contributed by atoms with van der Waals surface area (Å²) in [4.78, 5) is 16.9. The number of ether oxygens (including phenoxy) is 1. The fourth-order valence-electron chi connectivity index (χ4n) is 4.41. The Morgan fingerprint density at radius 2 is 1.90 bits per heavy atom. The molecule has 2 atom stereocenters. The number of hydrogen-bond donors (Lipinski definition) is 1. The average molecular weight is 471 g/mol. The number of amides is 1. The first-order valence-electron chi connectivity index (χ1n) is 10.0. The van der Waals surface area contributed by atoms with Gasteiger partial charge >= 0.3 is 6.61 Å². The van der Waals surface area contributed by atoms with Crippen LogP contribution in [0.15, 0.2) is 42.5 Å². The number of benzene rings is 2. The van der Waals surface area contributed by atoms with Gasteiger partial charge < -0.3 is 14.7 Å². The highest BCUT2D eigenvalue weighted by atomic mass is 35.5. The largest absolute Gasteiger partial charge is 0.433 e. The minimum Gasteiger partial charge on any atom is -0.433 e. The van der Waals surface area contributed by atoms with E-state index < -0.39 is 12.2 Å². The summed E-state index contributed by atoms with van der Waals surface area (Å²) >= 11 is 12.1. The van der Waals surface area contributed by atoms with Crippen LogP contribution in [0.3, 0.4) is 0 Å². The van der Waals surface area contributed by atoms with Gasteiger partial charge in [-0.2, -0.15) is 8.78 Å². The second kappa shape index (κ2) is 8.90. The molecule has 2 heterocycles. The number of piperazine rings is 1. The Balaban J connectivity index is 1.45. The fraction of sp³-hybridized carbons (Fsp3) is 0.409. The molecule has 2 aromatic rings. The maximum atomic E-state index is 13.0. The van der Waals surface area contributed by atoms with E-state index in [-0.39, 0.29) is 28.3 Å². The molecule has 31 heavy (non-hydrogen) atoms. The van der Waals surface area contributed by atoms with Gasteiger partial charge in [-0.05, 0) is 42.7 Å². The molecule has 0 aliphatic carbocycles. The highest BCUT2D eigenvalue weighted by Gasteiger charge is 2.42. The molecular formula is C22H22Cl2F2N2O3. The van der Waals surface area contributed by atoms with Gasteiger partial charge in [0.05, 0.1) is 10.6 Å². The third-order valence-corrected chi connectivity index (χ3v) is 6.68. The quantitative estimate of drug-likeness (QED) is 0.719. The van der Waals surface area contributed by atoms with Crippen molar-refractivity contribution in [3.8, 4) is 5.75 Å². The lowest BCUT2D eigenvalue weighted by atomic mass is 9.82. The van der Waals surface area contributed by atoms with Crippen molar-refractivity contribution in [1.29, 1.82) is 0 Å². The lowest BCUT2D eigenvalue weighted by molar-refractivity contribution is -0.0740. The van der Waals surface area contributed by atoms with Crippen molar-refractivity contribution >= 4 is 29.1 Å². The van der Waals surface area contributed by atoms with Crippen LogP contribution in [-0.2, 0) is 5.60 Å². The van der Waals surface area contributed by atoms with Gasteiger partial charge in [0.25, 0.3) is 5.91 Å². The number of carbonyl (C=O) groups excluding carboxylic acids is 1. The molecule has 2 fully saturated rings. The SMILES string of the molecule is O=C(c1cccc(OC(F)F)c1Cl)N1CCN2C[C@](O)(c3ccc(Cl)cc3)CC[C@H]2C1. The molecule has 1 amide bonds. The highest BCUT2D eigenvalue weighted by molar-refractivity contribution is 6.35. The predicted octanol–water partition coefficient (Wildman–Crippen LogP) is 4.40. The lowest BCUT2D eigenvalue weighted by Gasteiger charge is -2.49. The maximum Gasteiger partial charge on any atom is 0.387 e. The first-order valence-corrected chi connectivity index (χ1v) is 10.8. The van der Waals surface area contributed by atoms with Crippen LogP contribution in [0.4, 0.5) is 8.78 Å². The molecule has 0 radical (unpaired) electrons. The summed E-state index contributed by atoms with van der Waals surface area (Å²) in [5, 5.41) is 11.7. The zero-order valence-electron chi connectivity index (χ0n) is 16.6. The Labute approximate surface area is 189 Å². The zero-order valence-corrected chi connectivity index (χ0v) is 18.1. The number of rotatable bonds is 4. The van der Waals surface area contributed by atoms with Crippen molar-refractivity contribution < 1.29 is 23.4 Å². The third-order valence-electron chi connectivity index (χ3n) is 6.04. The highest BCUT2D eigenvalue weighted by Crippen LogP contribution is 2.37. The van der Waals surface area contributed by atoms with Crippen molar-refractivity contribution in [2.75, 3.05) is 26.2 Å². The molecule has 4 rings (SSSR count). The van der Waals surface area contributed by atoms with E-state index in [1.54, 1.807) is 17.0 Å². The Hall–Kier alpha value is -1.93. The first-order chi connectivity index (χ1) is 14.8. The molecule has 0 saturated carbocycles. The Morgan fingerprint density at radius 3 is 2.61 bits per heavy atom. The predicted molar refractivity (Wildman–Crippen MR) is 114 cm³/mol. The van der Waals surface area contributed by atoms with E-state index in [0.717, 1.165) is 5.56 Å². The van der Waals surface area contributed by atoms with Crippen LogP contribution < -0.4 is 4.74 Å². The van der Waals surface area contributed by atoms with Gasteiger partial charge in [0, 0.05) is 37.2 Å². The minimum atomic E-state index is -3.02. The molecule has 9 heteroatoms. The maximum absolute atomic E-state index is 13.0. The van der Waals surface area contributed by atoms with Crippen LogP contribution in [0, 0.1) is 0 Å². The van der Waals surface area contributed by atoms with Crippen molar-refractivity contribution in [1.82, 2.24) is 9.80 Å². The topological polar surface area (TPSA) is 53.0 Å². The monoisotopic (exact) mass is 470 g/mol. The molecular weight excluding hydrogens is 449 g/mol. The average Bonchev–Trinajstić information content (AvgIpc) is 2.74. The minimum absolute atomic E-state index is 0.101. The van der Waals surface area contributed by atoms with Crippen molar-refractivity contribution in [2.24, 2.45) is 0 Å². The summed E-state index contributed by atoms with van der Waals surface area (Å²) in [7, 11) is 0. The van der Waals surface area contributed by atoms with E-state index >= 15 is 0 Å². The zero-order chi connectivity index (χ0) is 22.2. The van der Waals surface area contributed by atoms with E-state index in [1.807, 2.05) is 12.1 Å². The Bertz CT molecular complexity index is 960. The number of halogens is 4. The van der Waals surface area contributed by atoms with Gasteiger partial charge in [-0.25, -0.2) is 0 Å². The van der Waals surface area contributed by atoms with Gasteiger partial charge in [-0.3, -0.25) is 9.69 Å². The first kappa shape index (κ1) is 22.3. The number of alkyl halides is 2. The van der Waals surface area contributed by atoms with Gasteiger partial charge in [0.2, 0.25) is 0 Å². The molecule has 5 nitrogen and oxygen atoms in total. The van der Waals surface area contributed by atoms with Gasteiger partial charge in [0.15, 0.2) is 0 Å². The second-order valence-corrected chi connectivity index (χ2v) is 8.76. The molecule has 2 saturated heterocycles.